The monoisotopic (exact) mass is 332 g/mol. The van der Waals surface area contributed by atoms with E-state index in [0.29, 0.717) is 5.56 Å². The Morgan fingerprint density at radius 1 is 1.53 bits per heavy atom. The van der Waals surface area contributed by atoms with Gasteiger partial charge in [-0.15, -0.1) is 0 Å². The second kappa shape index (κ2) is 5.54. The lowest BCUT2D eigenvalue weighted by Gasteiger charge is -2.32. The molecule has 1 heterocycles. The van der Waals surface area contributed by atoms with Crippen LogP contribution in [0.2, 0.25) is 0 Å². The molecule has 1 aromatic rings. The molecule has 1 saturated heterocycles. The van der Waals surface area contributed by atoms with Crippen LogP contribution in [0.3, 0.4) is 0 Å². The van der Waals surface area contributed by atoms with E-state index in [4.69, 9.17) is 0 Å². The van der Waals surface area contributed by atoms with Crippen molar-refractivity contribution in [2.45, 2.75) is 25.3 Å². The van der Waals surface area contributed by atoms with Crippen molar-refractivity contribution in [3.05, 3.63) is 33.8 Å². The van der Waals surface area contributed by atoms with Crippen LogP contribution in [-0.2, 0) is 0 Å². The maximum Gasteiger partial charge on any atom is 0.270 e. The summed E-state index contributed by atoms with van der Waals surface area (Å²) in [5.41, 5.74) is 1.17. The predicted octanol–water partition coefficient (Wildman–Crippen LogP) is 2.48. The van der Waals surface area contributed by atoms with Crippen LogP contribution in [0, 0.1) is 6.92 Å². The average Bonchev–Trinajstić information content (AvgIpc) is 2.31. The molecule has 1 aliphatic heterocycles. The Morgan fingerprint density at radius 3 is 2.89 bits per heavy atom. The summed E-state index contributed by atoms with van der Waals surface area (Å²) in [7, 11) is 0. The lowest BCUT2D eigenvalue weighted by Crippen LogP contribution is -2.57. The van der Waals surface area contributed by atoms with Gasteiger partial charge < -0.3 is 10.6 Å². The summed E-state index contributed by atoms with van der Waals surface area (Å²) in [4.78, 5) is 12.0. The summed E-state index contributed by atoms with van der Waals surface area (Å²) >= 11 is 3.30. The van der Waals surface area contributed by atoms with Crippen LogP contribution in [0.4, 0.5) is 8.78 Å². The normalized spacial score (nSPS) is 22.0. The second-order valence-corrected chi connectivity index (χ2v) is 5.62. The van der Waals surface area contributed by atoms with Gasteiger partial charge in [0.15, 0.2) is 0 Å². The predicted molar refractivity (Wildman–Crippen MR) is 72.6 cm³/mol. The first kappa shape index (κ1) is 14.4. The van der Waals surface area contributed by atoms with Gasteiger partial charge in [0.1, 0.15) is 6.04 Å². The van der Waals surface area contributed by atoms with Gasteiger partial charge >= 0.3 is 0 Å². The molecular formula is C13H15BrF2N2O. The molecule has 0 saturated carbocycles. The summed E-state index contributed by atoms with van der Waals surface area (Å²) in [5.74, 6) is -3.32. The van der Waals surface area contributed by atoms with Crippen molar-refractivity contribution in [2.24, 2.45) is 0 Å². The number of alkyl halides is 2. The molecule has 1 aliphatic rings. The summed E-state index contributed by atoms with van der Waals surface area (Å²) in [5, 5.41) is 5.29. The first-order chi connectivity index (χ1) is 8.90. The van der Waals surface area contributed by atoms with E-state index in [-0.39, 0.29) is 19.5 Å². The molecule has 6 heteroatoms. The minimum Gasteiger partial charge on any atom is -0.342 e. The smallest absolute Gasteiger partial charge is 0.270 e. The highest BCUT2D eigenvalue weighted by Crippen LogP contribution is 2.25. The third kappa shape index (κ3) is 3.30. The highest BCUT2D eigenvalue weighted by atomic mass is 79.9. The number of aryl methyl sites for hydroxylation is 1. The van der Waals surface area contributed by atoms with Crippen molar-refractivity contribution < 1.29 is 13.6 Å². The molecule has 1 fully saturated rings. The van der Waals surface area contributed by atoms with E-state index < -0.39 is 17.9 Å². The number of carbonyl (C=O) groups is 1. The number of carbonyl (C=O) groups excluding carboxylic acids is 1. The standard InChI is InChI=1S/C13H15BrF2N2O/c1-8-6-9(14)2-3-10(8)12(19)18-11-7-17-5-4-13(11,15)16/h2-3,6,11,17H,4-5,7H2,1H3,(H,18,19). The van der Waals surface area contributed by atoms with E-state index in [1.165, 1.54) is 0 Å². The Labute approximate surface area is 118 Å². The van der Waals surface area contributed by atoms with Crippen LogP contribution < -0.4 is 10.6 Å². The highest BCUT2D eigenvalue weighted by molar-refractivity contribution is 9.10. The molecule has 1 atom stereocenters. The third-order valence-corrected chi connectivity index (χ3v) is 3.73. The molecule has 1 aromatic carbocycles. The van der Waals surface area contributed by atoms with Crippen molar-refractivity contribution in [3.8, 4) is 0 Å². The molecule has 0 aliphatic carbocycles. The van der Waals surface area contributed by atoms with E-state index >= 15 is 0 Å². The summed E-state index contributed by atoms with van der Waals surface area (Å²) < 4.78 is 28.1. The average molecular weight is 333 g/mol. The van der Waals surface area contributed by atoms with Gasteiger partial charge in [0.05, 0.1) is 0 Å². The zero-order chi connectivity index (χ0) is 14.0. The molecule has 104 valence electrons. The van der Waals surface area contributed by atoms with E-state index in [1.807, 2.05) is 0 Å². The topological polar surface area (TPSA) is 41.1 Å². The minimum absolute atomic E-state index is 0.0916. The lowest BCUT2D eigenvalue weighted by molar-refractivity contribution is -0.0542. The number of piperidine rings is 1. The molecule has 2 rings (SSSR count). The maximum absolute atomic E-state index is 13.6. The van der Waals surface area contributed by atoms with Crippen molar-refractivity contribution in [2.75, 3.05) is 13.1 Å². The van der Waals surface area contributed by atoms with Crippen LogP contribution in [0.15, 0.2) is 22.7 Å². The van der Waals surface area contributed by atoms with Crippen LogP contribution in [0.5, 0.6) is 0 Å². The number of benzene rings is 1. The number of hydrogen-bond acceptors (Lipinski definition) is 2. The third-order valence-electron chi connectivity index (χ3n) is 3.23. The van der Waals surface area contributed by atoms with E-state index in [0.717, 1.165) is 10.0 Å². The fourth-order valence-electron chi connectivity index (χ4n) is 2.10. The fourth-order valence-corrected chi connectivity index (χ4v) is 2.58. The van der Waals surface area contributed by atoms with Gasteiger partial charge in [-0.1, -0.05) is 15.9 Å². The molecule has 0 bridgehead atoms. The summed E-state index contributed by atoms with van der Waals surface area (Å²) in [6, 6.07) is 3.98. The Bertz CT molecular complexity index is 494. The van der Waals surface area contributed by atoms with E-state index in [2.05, 4.69) is 26.6 Å². The van der Waals surface area contributed by atoms with Crippen LogP contribution in [0.25, 0.3) is 0 Å². The Hall–Kier alpha value is -1.01. The summed E-state index contributed by atoms with van der Waals surface area (Å²) in [6.07, 6.45) is -0.253. The van der Waals surface area contributed by atoms with Crippen LogP contribution >= 0.6 is 15.9 Å². The van der Waals surface area contributed by atoms with Crippen molar-refractivity contribution in [1.82, 2.24) is 10.6 Å². The molecule has 0 spiro atoms. The Balaban J connectivity index is 2.12. The highest BCUT2D eigenvalue weighted by Gasteiger charge is 2.42. The van der Waals surface area contributed by atoms with Gasteiger partial charge in [-0.3, -0.25) is 4.79 Å². The van der Waals surface area contributed by atoms with Gasteiger partial charge in [-0.05, 0) is 30.7 Å². The van der Waals surface area contributed by atoms with Crippen molar-refractivity contribution >= 4 is 21.8 Å². The molecule has 2 N–H and O–H groups in total. The van der Waals surface area contributed by atoms with Crippen molar-refractivity contribution in [3.63, 3.8) is 0 Å². The molecule has 0 radical (unpaired) electrons. The molecular weight excluding hydrogens is 318 g/mol. The lowest BCUT2D eigenvalue weighted by atomic mass is 10.0. The Kier molecular flexibility index (Phi) is 4.20. The fraction of sp³-hybridized carbons (Fsp3) is 0.462. The number of amides is 1. The number of halogens is 3. The quantitative estimate of drug-likeness (QED) is 0.873. The first-order valence-corrected chi connectivity index (χ1v) is 6.85. The van der Waals surface area contributed by atoms with Crippen molar-refractivity contribution in [1.29, 1.82) is 0 Å². The molecule has 19 heavy (non-hydrogen) atoms. The molecule has 1 amide bonds. The zero-order valence-corrected chi connectivity index (χ0v) is 12.1. The second-order valence-electron chi connectivity index (χ2n) is 4.70. The first-order valence-electron chi connectivity index (χ1n) is 6.06. The van der Waals surface area contributed by atoms with Gasteiger partial charge in [-0.25, -0.2) is 8.78 Å². The van der Waals surface area contributed by atoms with Crippen LogP contribution in [-0.4, -0.2) is 31.0 Å². The summed E-state index contributed by atoms with van der Waals surface area (Å²) in [6.45, 7) is 2.14. The van der Waals surface area contributed by atoms with Gasteiger partial charge in [0, 0.05) is 29.5 Å². The SMILES string of the molecule is Cc1cc(Br)ccc1C(=O)NC1CNCCC1(F)F. The largest absolute Gasteiger partial charge is 0.342 e. The van der Waals surface area contributed by atoms with Gasteiger partial charge in [-0.2, -0.15) is 0 Å². The van der Waals surface area contributed by atoms with Gasteiger partial charge in [0.25, 0.3) is 11.8 Å². The maximum atomic E-state index is 13.6. The number of hydrogen-bond donors (Lipinski definition) is 2. The number of rotatable bonds is 2. The molecule has 3 nitrogen and oxygen atoms in total. The zero-order valence-electron chi connectivity index (χ0n) is 10.5. The molecule has 1 unspecified atom stereocenters. The van der Waals surface area contributed by atoms with Gasteiger partial charge in [0.2, 0.25) is 0 Å². The Morgan fingerprint density at radius 2 is 2.26 bits per heavy atom. The van der Waals surface area contributed by atoms with Crippen LogP contribution in [0.1, 0.15) is 22.3 Å². The molecule has 0 aromatic heterocycles. The number of nitrogens with one attached hydrogen (secondary N) is 2. The minimum atomic E-state index is -2.86. The van der Waals surface area contributed by atoms with E-state index in [9.17, 15) is 13.6 Å². The van der Waals surface area contributed by atoms with E-state index in [1.54, 1.807) is 25.1 Å².